The molecule has 0 spiro atoms. The highest BCUT2D eigenvalue weighted by Gasteiger charge is 2.22. The molecule has 2 rings (SSSR count). The summed E-state index contributed by atoms with van der Waals surface area (Å²) in [5.41, 5.74) is 0. The normalized spacial score (nSPS) is 22.6. The Morgan fingerprint density at radius 1 is 0.771 bits per heavy atom. The maximum atomic E-state index is 11.4. The van der Waals surface area contributed by atoms with Crippen LogP contribution in [0, 0.1) is 5.92 Å². The molecule has 1 unspecified atom stereocenters. The SMILES string of the molecule is CC1CCN(CC(O)CN2CCN(COC=O)CCN(COC=O)CCN(CC(=O)O)CC2)CC1. The molecule has 0 saturated carbocycles. The molecule has 12 heteroatoms. The first-order chi connectivity index (χ1) is 16.9. The van der Waals surface area contributed by atoms with Crippen molar-refractivity contribution in [2.75, 3.05) is 98.5 Å². The summed E-state index contributed by atoms with van der Waals surface area (Å²) in [4.78, 5) is 43.1. The summed E-state index contributed by atoms with van der Waals surface area (Å²) in [6.07, 6.45) is 1.81. The zero-order valence-electron chi connectivity index (χ0n) is 21.0. The summed E-state index contributed by atoms with van der Waals surface area (Å²) in [7, 11) is 0. The van der Waals surface area contributed by atoms with E-state index in [-0.39, 0.29) is 20.0 Å². The Kier molecular flexibility index (Phi) is 14.1. The fourth-order valence-corrected chi connectivity index (χ4v) is 4.54. The van der Waals surface area contributed by atoms with Crippen molar-refractivity contribution in [3.8, 4) is 0 Å². The lowest BCUT2D eigenvalue weighted by molar-refractivity contribution is -0.139. The molecule has 12 nitrogen and oxygen atoms in total. The summed E-state index contributed by atoms with van der Waals surface area (Å²) < 4.78 is 9.92. The molecule has 0 aromatic carbocycles. The highest BCUT2D eigenvalue weighted by Crippen LogP contribution is 2.16. The number of ether oxygens (including phenoxy) is 2. The Hall–Kier alpha value is -1.83. The molecule has 0 aromatic heterocycles. The number of piperidine rings is 1. The maximum Gasteiger partial charge on any atom is 0.317 e. The van der Waals surface area contributed by atoms with Crippen LogP contribution in [0.25, 0.3) is 0 Å². The number of hydrogen-bond donors (Lipinski definition) is 2. The summed E-state index contributed by atoms with van der Waals surface area (Å²) in [6.45, 7) is 11.0. The van der Waals surface area contributed by atoms with Crippen molar-refractivity contribution in [3.63, 3.8) is 0 Å². The first kappa shape index (κ1) is 29.4. The second-order valence-electron chi connectivity index (χ2n) is 9.63. The van der Waals surface area contributed by atoms with Gasteiger partial charge < -0.3 is 24.6 Å². The van der Waals surface area contributed by atoms with Crippen LogP contribution in [0.1, 0.15) is 19.8 Å². The molecule has 2 saturated heterocycles. The van der Waals surface area contributed by atoms with Crippen molar-refractivity contribution < 1.29 is 34.1 Å². The van der Waals surface area contributed by atoms with Gasteiger partial charge in [-0.15, -0.1) is 0 Å². The number of hydrogen-bond acceptors (Lipinski definition) is 11. The van der Waals surface area contributed by atoms with Crippen LogP contribution in [0.2, 0.25) is 0 Å². The number of aliphatic hydroxyl groups is 1. The molecule has 0 bridgehead atoms. The number of aliphatic carboxylic acids is 1. The standard InChI is InChI=1S/C23H43N5O7/c1-21-2-4-24(5-3-21)14-22(31)15-25-6-7-26(16-23(32)33)9-11-28(18-35-20-30)13-12-27(10-8-25)17-34-19-29/h19-22,31H,2-18H2,1H3,(H,32,33). The summed E-state index contributed by atoms with van der Waals surface area (Å²) in [6, 6.07) is 0. The zero-order valence-corrected chi connectivity index (χ0v) is 21.0. The molecule has 2 fully saturated rings. The van der Waals surface area contributed by atoms with E-state index in [9.17, 15) is 24.6 Å². The van der Waals surface area contributed by atoms with Crippen molar-refractivity contribution in [2.24, 2.45) is 5.92 Å². The predicted octanol–water partition coefficient (Wildman–Crippen LogP) is -1.35. The Balaban J connectivity index is 2.01. The number of rotatable bonds is 12. The van der Waals surface area contributed by atoms with Crippen LogP contribution < -0.4 is 0 Å². The van der Waals surface area contributed by atoms with Gasteiger partial charge in [-0.05, 0) is 31.8 Å². The Labute approximate surface area is 208 Å². The quantitative estimate of drug-likeness (QED) is 0.307. The fourth-order valence-electron chi connectivity index (χ4n) is 4.54. The number of likely N-dealkylation sites (tertiary alicyclic amines) is 1. The summed E-state index contributed by atoms with van der Waals surface area (Å²) in [5, 5.41) is 20.2. The number of carbonyl (C=O) groups is 3. The van der Waals surface area contributed by atoms with E-state index in [1.165, 1.54) is 0 Å². The van der Waals surface area contributed by atoms with Gasteiger partial charge in [-0.25, -0.2) is 0 Å². The minimum absolute atomic E-state index is 0.0793. The molecule has 1 atom stereocenters. The van der Waals surface area contributed by atoms with Crippen molar-refractivity contribution in [1.82, 2.24) is 24.5 Å². The van der Waals surface area contributed by atoms with Crippen LogP contribution in [0.4, 0.5) is 0 Å². The van der Waals surface area contributed by atoms with Crippen molar-refractivity contribution in [3.05, 3.63) is 0 Å². The number of carboxylic acid groups (broad SMARTS) is 1. The first-order valence-corrected chi connectivity index (χ1v) is 12.5. The lowest BCUT2D eigenvalue weighted by atomic mass is 9.99. The van der Waals surface area contributed by atoms with Gasteiger partial charge in [0.25, 0.3) is 12.9 Å². The molecule has 0 aromatic rings. The van der Waals surface area contributed by atoms with E-state index < -0.39 is 12.1 Å². The molecule has 2 N–H and O–H groups in total. The minimum atomic E-state index is -0.893. The van der Waals surface area contributed by atoms with Gasteiger partial charge in [0.05, 0.1) is 12.6 Å². The van der Waals surface area contributed by atoms with Crippen LogP contribution in [0.15, 0.2) is 0 Å². The number of β-amino-alcohol motifs (C(OH)–C–C–N with tert-alkyl or cyclic N) is 1. The number of carbonyl (C=O) groups excluding carboxylic acids is 2. The average Bonchev–Trinajstić information content (AvgIpc) is 2.82. The van der Waals surface area contributed by atoms with Crippen LogP contribution in [-0.4, -0.2) is 158 Å². The number of carboxylic acids is 1. The van der Waals surface area contributed by atoms with Gasteiger partial charge in [0.1, 0.15) is 13.5 Å². The van der Waals surface area contributed by atoms with Gasteiger partial charge in [-0.1, -0.05) is 6.92 Å². The Morgan fingerprint density at radius 2 is 1.17 bits per heavy atom. The van der Waals surface area contributed by atoms with E-state index in [1.807, 2.05) is 14.7 Å². The van der Waals surface area contributed by atoms with Gasteiger partial charge in [-0.2, -0.15) is 0 Å². The van der Waals surface area contributed by atoms with E-state index >= 15 is 0 Å². The van der Waals surface area contributed by atoms with Crippen molar-refractivity contribution in [1.29, 1.82) is 0 Å². The molecule has 202 valence electrons. The topological polar surface area (TPSA) is 126 Å². The first-order valence-electron chi connectivity index (χ1n) is 12.5. The summed E-state index contributed by atoms with van der Waals surface area (Å²) >= 11 is 0. The van der Waals surface area contributed by atoms with Gasteiger partial charge >= 0.3 is 5.97 Å². The van der Waals surface area contributed by atoms with E-state index in [0.29, 0.717) is 78.4 Å². The summed E-state index contributed by atoms with van der Waals surface area (Å²) in [5.74, 6) is -0.157. The molecule has 0 amide bonds. The molecule has 0 aliphatic carbocycles. The molecular formula is C23H43N5O7. The lowest BCUT2D eigenvalue weighted by Crippen LogP contribution is -2.49. The Morgan fingerprint density at radius 3 is 1.60 bits per heavy atom. The van der Waals surface area contributed by atoms with Crippen LogP contribution >= 0.6 is 0 Å². The fraction of sp³-hybridized carbons (Fsp3) is 0.870. The molecule has 2 aliphatic rings. The molecule has 35 heavy (non-hydrogen) atoms. The second kappa shape index (κ2) is 16.8. The van der Waals surface area contributed by atoms with Crippen LogP contribution in [0.5, 0.6) is 0 Å². The lowest BCUT2D eigenvalue weighted by Gasteiger charge is -2.35. The van der Waals surface area contributed by atoms with Crippen molar-refractivity contribution >= 4 is 18.9 Å². The molecular weight excluding hydrogens is 458 g/mol. The second-order valence-corrected chi connectivity index (χ2v) is 9.63. The highest BCUT2D eigenvalue weighted by atomic mass is 16.5. The Bertz CT molecular complexity index is 621. The van der Waals surface area contributed by atoms with Crippen molar-refractivity contribution in [2.45, 2.75) is 25.9 Å². The molecule has 2 aliphatic heterocycles. The smallest absolute Gasteiger partial charge is 0.317 e. The predicted molar refractivity (Wildman–Crippen MR) is 129 cm³/mol. The van der Waals surface area contributed by atoms with Crippen LogP contribution in [0.3, 0.4) is 0 Å². The van der Waals surface area contributed by atoms with Gasteiger partial charge in [-0.3, -0.25) is 34.0 Å². The van der Waals surface area contributed by atoms with E-state index in [4.69, 9.17) is 9.47 Å². The number of aliphatic hydroxyl groups excluding tert-OH is 1. The third-order valence-corrected chi connectivity index (χ3v) is 6.75. The highest BCUT2D eigenvalue weighted by molar-refractivity contribution is 5.69. The third-order valence-electron chi connectivity index (χ3n) is 6.75. The molecule has 0 radical (unpaired) electrons. The van der Waals surface area contributed by atoms with Gasteiger partial charge in [0.2, 0.25) is 0 Å². The largest absolute Gasteiger partial charge is 0.480 e. The number of nitrogens with zero attached hydrogens (tertiary/aromatic N) is 5. The van der Waals surface area contributed by atoms with E-state index in [2.05, 4.69) is 16.7 Å². The van der Waals surface area contributed by atoms with Crippen LogP contribution in [-0.2, 0) is 23.9 Å². The maximum absolute atomic E-state index is 11.4. The molecule has 2 heterocycles. The third kappa shape index (κ3) is 12.6. The van der Waals surface area contributed by atoms with E-state index in [1.54, 1.807) is 0 Å². The minimum Gasteiger partial charge on any atom is -0.480 e. The van der Waals surface area contributed by atoms with Gasteiger partial charge in [0.15, 0.2) is 0 Å². The van der Waals surface area contributed by atoms with Gasteiger partial charge in [0, 0.05) is 65.4 Å². The van der Waals surface area contributed by atoms with E-state index in [0.717, 1.165) is 31.8 Å². The monoisotopic (exact) mass is 501 g/mol. The average molecular weight is 502 g/mol. The zero-order chi connectivity index (χ0) is 25.5.